The summed E-state index contributed by atoms with van der Waals surface area (Å²) in [4.78, 5) is 16.7. The van der Waals surface area contributed by atoms with Crippen molar-refractivity contribution in [2.24, 2.45) is 7.05 Å². The number of nitrogens with zero attached hydrogens (tertiary/aromatic N) is 3. The molecule has 3 aromatic rings. The van der Waals surface area contributed by atoms with Gasteiger partial charge in [0.05, 0.1) is 11.7 Å². The third kappa shape index (κ3) is 3.46. The van der Waals surface area contributed by atoms with Gasteiger partial charge in [-0.1, -0.05) is 0 Å². The first kappa shape index (κ1) is 16.0. The number of nitrogens with one attached hydrogen (secondary N) is 1. The number of thioether (sulfide) groups is 1. The van der Waals surface area contributed by atoms with E-state index in [0.29, 0.717) is 11.4 Å². The Morgan fingerprint density at radius 2 is 2.28 bits per heavy atom. The van der Waals surface area contributed by atoms with Gasteiger partial charge in [-0.15, -0.1) is 0 Å². The molecule has 0 radical (unpaired) electrons. The van der Waals surface area contributed by atoms with Crippen molar-refractivity contribution in [3.05, 3.63) is 48.3 Å². The van der Waals surface area contributed by atoms with Gasteiger partial charge in [-0.2, -0.15) is 16.9 Å². The molecule has 1 aliphatic rings. The lowest BCUT2D eigenvalue weighted by atomic mass is 10.2. The minimum Gasteiger partial charge on any atom is -0.473 e. The lowest BCUT2D eigenvalue weighted by Gasteiger charge is -2.12. The number of fused-ring (bicyclic) bond motifs is 1. The normalized spacial score (nSPS) is 16.9. The van der Waals surface area contributed by atoms with E-state index in [0.717, 1.165) is 34.5 Å². The third-order valence-corrected chi connectivity index (χ3v) is 5.31. The molecule has 1 atom stereocenters. The molecule has 0 saturated carbocycles. The highest BCUT2D eigenvalue weighted by atomic mass is 32.2. The number of benzene rings is 1. The SMILES string of the molecule is Cn1ncc2cc(NC(=O)c3ccnc(OC4CCSC4)c3)ccc21. The zero-order chi connectivity index (χ0) is 17.2. The Morgan fingerprint density at radius 1 is 1.36 bits per heavy atom. The molecule has 0 spiro atoms. The van der Waals surface area contributed by atoms with Crippen molar-refractivity contribution >= 4 is 34.3 Å². The maximum absolute atomic E-state index is 12.5. The second-order valence-corrected chi connectivity index (χ2v) is 7.13. The van der Waals surface area contributed by atoms with Crippen LogP contribution in [0.1, 0.15) is 16.8 Å². The van der Waals surface area contributed by atoms with Crippen LogP contribution in [0.2, 0.25) is 0 Å². The number of ether oxygens (including phenoxy) is 1. The highest BCUT2D eigenvalue weighted by Crippen LogP contribution is 2.23. The summed E-state index contributed by atoms with van der Waals surface area (Å²) in [6, 6.07) is 9.11. The fraction of sp³-hybridized carbons (Fsp3) is 0.278. The Labute approximate surface area is 149 Å². The van der Waals surface area contributed by atoms with Crippen LogP contribution in [0, 0.1) is 0 Å². The molecule has 1 aliphatic heterocycles. The van der Waals surface area contributed by atoms with Crippen LogP contribution in [-0.2, 0) is 7.05 Å². The monoisotopic (exact) mass is 354 g/mol. The van der Waals surface area contributed by atoms with Gasteiger partial charge in [0.15, 0.2) is 0 Å². The van der Waals surface area contributed by atoms with Crippen LogP contribution in [0.5, 0.6) is 5.88 Å². The predicted octanol–water partition coefficient (Wildman–Crippen LogP) is 3.10. The number of pyridine rings is 1. The van der Waals surface area contributed by atoms with E-state index in [2.05, 4.69) is 15.4 Å². The molecule has 0 bridgehead atoms. The van der Waals surface area contributed by atoms with Crippen LogP contribution in [0.25, 0.3) is 10.9 Å². The summed E-state index contributed by atoms with van der Waals surface area (Å²) in [6.45, 7) is 0. The number of aromatic nitrogens is 3. The fourth-order valence-electron chi connectivity index (χ4n) is 2.84. The number of aryl methyl sites for hydroxylation is 1. The molecule has 0 aliphatic carbocycles. The van der Waals surface area contributed by atoms with E-state index in [1.807, 2.05) is 37.0 Å². The minimum absolute atomic E-state index is 0.184. The molecule has 1 N–H and O–H groups in total. The van der Waals surface area contributed by atoms with Crippen molar-refractivity contribution < 1.29 is 9.53 Å². The Balaban J connectivity index is 1.49. The summed E-state index contributed by atoms with van der Waals surface area (Å²) < 4.78 is 7.65. The molecule has 128 valence electrons. The number of anilines is 1. The molecule has 4 rings (SSSR count). The van der Waals surface area contributed by atoms with Gasteiger partial charge in [-0.05, 0) is 36.4 Å². The summed E-state index contributed by atoms with van der Waals surface area (Å²) in [5.74, 6) is 2.41. The fourth-order valence-corrected chi connectivity index (χ4v) is 3.93. The highest BCUT2D eigenvalue weighted by molar-refractivity contribution is 7.99. The van der Waals surface area contributed by atoms with Crippen LogP contribution in [-0.4, -0.2) is 38.3 Å². The number of hydrogen-bond acceptors (Lipinski definition) is 5. The van der Waals surface area contributed by atoms with Gasteiger partial charge in [0.2, 0.25) is 5.88 Å². The molecule has 1 amide bonds. The molecule has 1 unspecified atom stereocenters. The molecule has 3 heterocycles. The maximum Gasteiger partial charge on any atom is 0.255 e. The molecule has 1 saturated heterocycles. The second-order valence-electron chi connectivity index (χ2n) is 5.98. The van der Waals surface area contributed by atoms with Gasteiger partial charge in [-0.3, -0.25) is 9.48 Å². The van der Waals surface area contributed by atoms with Gasteiger partial charge in [0.1, 0.15) is 6.10 Å². The number of hydrogen-bond donors (Lipinski definition) is 1. The molecule has 1 fully saturated rings. The first-order valence-corrected chi connectivity index (χ1v) is 9.28. The Kier molecular flexibility index (Phi) is 4.31. The standard InChI is InChI=1S/C18H18N4O2S/c1-22-16-3-2-14(8-13(16)10-20-22)21-18(23)12-4-6-19-17(9-12)24-15-5-7-25-11-15/h2-4,6,8-10,15H,5,7,11H2,1H3,(H,21,23). The predicted molar refractivity (Wildman–Crippen MR) is 99.3 cm³/mol. The summed E-state index contributed by atoms with van der Waals surface area (Å²) in [7, 11) is 1.89. The molecule has 6 nitrogen and oxygen atoms in total. The van der Waals surface area contributed by atoms with E-state index in [1.54, 1.807) is 29.2 Å². The number of carbonyl (C=O) groups excluding carboxylic acids is 1. The zero-order valence-corrected chi connectivity index (χ0v) is 14.6. The van der Waals surface area contributed by atoms with Crippen LogP contribution >= 0.6 is 11.8 Å². The van der Waals surface area contributed by atoms with Gasteiger partial charge in [0.25, 0.3) is 5.91 Å². The van der Waals surface area contributed by atoms with Crippen LogP contribution in [0.3, 0.4) is 0 Å². The van der Waals surface area contributed by atoms with Gasteiger partial charge >= 0.3 is 0 Å². The van der Waals surface area contributed by atoms with Crippen molar-refractivity contribution in [3.8, 4) is 5.88 Å². The van der Waals surface area contributed by atoms with E-state index >= 15 is 0 Å². The van der Waals surface area contributed by atoms with Crippen molar-refractivity contribution in [2.45, 2.75) is 12.5 Å². The van der Waals surface area contributed by atoms with Gasteiger partial charge in [0, 0.05) is 41.7 Å². The zero-order valence-electron chi connectivity index (χ0n) is 13.8. The van der Waals surface area contributed by atoms with Gasteiger partial charge < -0.3 is 10.1 Å². The lowest BCUT2D eigenvalue weighted by molar-refractivity contribution is 0.102. The van der Waals surface area contributed by atoms with Gasteiger partial charge in [-0.25, -0.2) is 4.98 Å². The van der Waals surface area contributed by atoms with E-state index in [-0.39, 0.29) is 12.0 Å². The average molecular weight is 354 g/mol. The second kappa shape index (κ2) is 6.76. The Morgan fingerprint density at radius 3 is 3.12 bits per heavy atom. The maximum atomic E-state index is 12.5. The topological polar surface area (TPSA) is 69.0 Å². The van der Waals surface area contributed by atoms with Crippen LogP contribution in [0.4, 0.5) is 5.69 Å². The van der Waals surface area contributed by atoms with Crippen molar-refractivity contribution in [1.82, 2.24) is 14.8 Å². The largest absolute Gasteiger partial charge is 0.473 e. The summed E-state index contributed by atoms with van der Waals surface area (Å²) in [5, 5.41) is 8.11. The summed E-state index contributed by atoms with van der Waals surface area (Å²) in [6.07, 6.45) is 4.59. The number of rotatable bonds is 4. The van der Waals surface area contributed by atoms with E-state index in [1.165, 1.54) is 0 Å². The molecular formula is C18H18N4O2S. The number of carbonyl (C=O) groups is 1. The van der Waals surface area contributed by atoms with Crippen molar-refractivity contribution in [3.63, 3.8) is 0 Å². The quantitative estimate of drug-likeness (QED) is 0.780. The summed E-state index contributed by atoms with van der Waals surface area (Å²) in [5.41, 5.74) is 2.28. The minimum atomic E-state index is -0.184. The molecule has 25 heavy (non-hydrogen) atoms. The van der Waals surface area contributed by atoms with Crippen LogP contribution in [0.15, 0.2) is 42.7 Å². The van der Waals surface area contributed by atoms with E-state index in [9.17, 15) is 4.79 Å². The van der Waals surface area contributed by atoms with E-state index in [4.69, 9.17) is 4.74 Å². The van der Waals surface area contributed by atoms with Crippen LogP contribution < -0.4 is 10.1 Å². The first-order valence-electron chi connectivity index (χ1n) is 8.12. The van der Waals surface area contributed by atoms with E-state index < -0.39 is 0 Å². The van der Waals surface area contributed by atoms with Crippen molar-refractivity contribution in [1.29, 1.82) is 0 Å². The molecular weight excluding hydrogens is 336 g/mol. The molecule has 1 aromatic carbocycles. The average Bonchev–Trinajstić information content (AvgIpc) is 3.25. The first-order chi connectivity index (χ1) is 12.2. The smallest absolute Gasteiger partial charge is 0.255 e. The molecule has 7 heteroatoms. The highest BCUT2D eigenvalue weighted by Gasteiger charge is 2.18. The summed E-state index contributed by atoms with van der Waals surface area (Å²) >= 11 is 1.88. The lowest BCUT2D eigenvalue weighted by Crippen LogP contribution is -2.17. The Bertz CT molecular complexity index is 918. The third-order valence-electron chi connectivity index (χ3n) is 4.18. The number of amides is 1. The molecule has 2 aromatic heterocycles. The Hall–Kier alpha value is -2.54. The van der Waals surface area contributed by atoms with Crippen molar-refractivity contribution in [2.75, 3.05) is 16.8 Å².